The summed E-state index contributed by atoms with van der Waals surface area (Å²) in [6.45, 7) is 8.28. The summed E-state index contributed by atoms with van der Waals surface area (Å²) >= 11 is 11.8. The third kappa shape index (κ3) is 10.9. The van der Waals surface area contributed by atoms with Crippen molar-refractivity contribution >= 4 is 63.7 Å². The number of nitrogens with zero attached hydrogens (tertiary/aromatic N) is 3. The normalized spacial score (nSPS) is 17.2. The van der Waals surface area contributed by atoms with E-state index in [-0.39, 0.29) is 13.0 Å². The summed E-state index contributed by atoms with van der Waals surface area (Å²) in [6, 6.07) is 8.23. The molecule has 4 atom stereocenters. The molecule has 1 unspecified atom stereocenters. The van der Waals surface area contributed by atoms with Gasteiger partial charge in [0.2, 0.25) is 11.8 Å². The number of carbonyl (C=O) groups excluding carboxylic acids is 4. The Hall–Kier alpha value is -4.10. The summed E-state index contributed by atoms with van der Waals surface area (Å²) in [4.78, 5) is 61.8. The maximum absolute atomic E-state index is 13.7. The molecule has 0 spiro atoms. The molecule has 4 N–H and O–H groups in total. The molecule has 12 nitrogen and oxygen atoms in total. The van der Waals surface area contributed by atoms with Gasteiger partial charge >= 0.3 is 5.97 Å². The topological polar surface area (TPSA) is 163 Å². The van der Waals surface area contributed by atoms with Gasteiger partial charge in [0.25, 0.3) is 5.91 Å². The number of rotatable bonds is 13. The number of carbonyl (C=O) groups is 4. The molecule has 0 aliphatic carbocycles. The summed E-state index contributed by atoms with van der Waals surface area (Å²) in [5, 5.41) is 18.7. The average Bonchev–Trinajstić information content (AvgIpc) is 3.08. The lowest BCUT2D eigenvalue weighted by atomic mass is 9.90. The van der Waals surface area contributed by atoms with E-state index in [1.165, 1.54) is 18.9 Å². The Morgan fingerprint density at radius 1 is 1.10 bits per heavy atom. The van der Waals surface area contributed by atoms with E-state index < -0.39 is 57.7 Å². The Labute approximate surface area is 301 Å². The molecule has 3 amide bonds. The van der Waals surface area contributed by atoms with Crippen LogP contribution in [0.2, 0.25) is 0 Å². The zero-order chi connectivity index (χ0) is 36.6. The Morgan fingerprint density at radius 3 is 2.54 bits per heavy atom. The van der Waals surface area contributed by atoms with E-state index in [1.807, 2.05) is 24.3 Å². The average molecular weight is 728 g/mol. The van der Waals surface area contributed by atoms with Crippen molar-refractivity contribution in [3.63, 3.8) is 0 Å². The molecule has 3 aromatic rings. The van der Waals surface area contributed by atoms with Crippen LogP contribution in [0.25, 0.3) is 16.8 Å². The van der Waals surface area contributed by atoms with Gasteiger partial charge in [-0.1, -0.05) is 47.5 Å². The van der Waals surface area contributed by atoms with Crippen molar-refractivity contribution in [2.45, 2.75) is 82.4 Å². The molecule has 1 saturated heterocycles. The quantitative estimate of drug-likeness (QED) is 0.150. The Bertz CT molecular complexity index is 1710. The first-order valence-corrected chi connectivity index (χ1v) is 17.2. The molecule has 3 heterocycles. The van der Waals surface area contributed by atoms with Crippen molar-refractivity contribution in [2.75, 3.05) is 13.2 Å². The number of benzene rings is 1. The molecule has 14 heteroatoms. The van der Waals surface area contributed by atoms with E-state index in [2.05, 4.69) is 26.0 Å². The van der Waals surface area contributed by atoms with Gasteiger partial charge in [-0.05, 0) is 88.2 Å². The SMILES string of the molecule is C[C@H](NC(=O)C(Cc1cccnc1)NC(=O)C(C)(C)/C=C/c1cc2cc([C@@H](C)O)ccc2cn1)C(=O)N1CCC[C@@H](C(=O)OCC(C)(Cl)Cl)N1. The first-order valence-electron chi connectivity index (χ1n) is 16.4. The van der Waals surface area contributed by atoms with Gasteiger partial charge < -0.3 is 20.5 Å². The highest BCUT2D eigenvalue weighted by molar-refractivity contribution is 6.48. The van der Waals surface area contributed by atoms with Crippen molar-refractivity contribution in [1.29, 1.82) is 0 Å². The number of halogens is 2. The summed E-state index contributed by atoms with van der Waals surface area (Å²) in [5.74, 6) is -2.04. The molecule has 2 aromatic heterocycles. The number of aliphatic hydroxyl groups is 1. The van der Waals surface area contributed by atoms with Crippen LogP contribution in [-0.4, -0.2) is 79.4 Å². The molecular weight excluding hydrogens is 683 g/mol. The van der Waals surface area contributed by atoms with Gasteiger partial charge in [-0.3, -0.25) is 34.2 Å². The largest absolute Gasteiger partial charge is 0.461 e. The van der Waals surface area contributed by atoms with Crippen molar-refractivity contribution in [1.82, 2.24) is 31.0 Å². The van der Waals surface area contributed by atoms with Gasteiger partial charge in [-0.25, -0.2) is 5.43 Å². The molecule has 1 aromatic carbocycles. The number of alkyl halides is 2. The van der Waals surface area contributed by atoms with Gasteiger partial charge in [-0.2, -0.15) is 0 Å². The predicted octanol–water partition coefficient (Wildman–Crippen LogP) is 4.19. The lowest BCUT2D eigenvalue weighted by molar-refractivity contribution is -0.153. The van der Waals surface area contributed by atoms with Crippen LogP contribution < -0.4 is 16.1 Å². The van der Waals surface area contributed by atoms with Crippen LogP contribution in [0, 0.1) is 5.41 Å². The minimum absolute atomic E-state index is 0.125. The Kier molecular flexibility index (Phi) is 13.0. The number of pyridine rings is 2. The molecule has 1 aliphatic heterocycles. The second-order valence-corrected chi connectivity index (χ2v) is 15.1. The number of amides is 3. The number of nitrogens with one attached hydrogen (secondary N) is 3. The summed E-state index contributed by atoms with van der Waals surface area (Å²) < 4.78 is 3.94. The van der Waals surface area contributed by atoms with E-state index >= 15 is 0 Å². The van der Waals surface area contributed by atoms with E-state index in [9.17, 15) is 24.3 Å². The minimum atomic E-state index is -1.24. The first-order chi connectivity index (χ1) is 23.5. The van der Waals surface area contributed by atoms with Crippen molar-refractivity contribution in [2.24, 2.45) is 5.41 Å². The van der Waals surface area contributed by atoms with E-state index in [1.54, 1.807) is 63.6 Å². The molecule has 0 bridgehead atoms. The van der Waals surface area contributed by atoms with Gasteiger partial charge in [0.05, 0.1) is 17.2 Å². The number of hydrogen-bond acceptors (Lipinski definition) is 9. The third-order valence-electron chi connectivity index (χ3n) is 8.22. The molecule has 4 rings (SSSR count). The Balaban J connectivity index is 1.43. The number of fused-ring (bicyclic) bond motifs is 1. The number of esters is 1. The predicted molar refractivity (Wildman–Crippen MR) is 192 cm³/mol. The van der Waals surface area contributed by atoms with Gasteiger partial charge in [0.15, 0.2) is 0 Å². The molecular formula is C36H44Cl2N6O6. The monoisotopic (exact) mass is 726 g/mol. The molecule has 0 radical (unpaired) electrons. The van der Waals surface area contributed by atoms with Crippen LogP contribution in [-0.2, 0) is 30.3 Å². The molecule has 0 saturated carbocycles. The summed E-state index contributed by atoms with van der Waals surface area (Å²) in [5.41, 5.74) is 3.94. The van der Waals surface area contributed by atoms with E-state index in [0.29, 0.717) is 30.6 Å². The zero-order valence-electron chi connectivity index (χ0n) is 28.8. The van der Waals surface area contributed by atoms with Crippen LogP contribution in [0.5, 0.6) is 0 Å². The first kappa shape index (κ1) is 38.7. The number of ether oxygens (including phenoxy) is 1. The second kappa shape index (κ2) is 16.7. The van der Waals surface area contributed by atoms with Gasteiger partial charge in [0.1, 0.15) is 29.1 Å². The van der Waals surface area contributed by atoms with Crippen LogP contribution in [0.3, 0.4) is 0 Å². The second-order valence-electron chi connectivity index (χ2n) is 13.3. The molecule has 50 heavy (non-hydrogen) atoms. The highest BCUT2D eigenvalue weighted by Gasteiger charge is 2.34. The fourth-order valence-electron chi connectivity index (χ4n) is 5.23. The highest BCUT2D eigenvalue weighted by Crippen LogP contribution is 2.24. The van der Waals surface area contributed by atoms with Crippen LogP contribution in [0.4, 0.5) is 0 Å². The molecule has 268 valence electrons. The number of aromatic nitrogens is 2. The lowest BCUT2D eigenvalue weighted by Gasteiger charge is -2.34. The van der Waals surface area contributed by atoms with Crippen LogP contribution >= 0.6 is 23.2 Å². The van der Waals surface area contributed by atoms with E-state index in [4.69, 9.17) is 27.9 Å². The summed E-state index contributed by atoms with van der Waals surface area (Å²) in [6.07, 6.45) is 8.88. The summed E-state index contributed by atoms with van der Waals surface area (Å²) in [7, 11) is 0. The lowest BCUT2D eigenvalue weighted by Crippen LogP contribution is -2.61. The number of hydrogen-bond donors (Lipinski definition) is 4. The van der Waals surface area contributed by atoms with Crippen molar-refractivity contribution in [3.8, 4) is 0 Å². The number of hydrazine groups is 1. The fourth-order valence-corrected chi connectivity index (χ4v) is 5.34. The van der Waals surface area contributed by atoms with Crippen LogP contribution in [0.15, 0.2) is 61.1 Å². The zero-order valence-corrected chi connectivity index (χ0v) is 30.3. The molecule has 1 fully saturated rings. The standard InChI is InChI=1S/C36H44Cl2N6O6/c1-22(32(47)44-15-7-9-29(43-44)33(48)50-21-36(5,37)38)41-31(46)30(16-24-8-6-14-39-19-24)42-34(49)35(3,4)13-12-28-18-27-17-25(23(2)45)10-11-26(27)20-40-28/h6,8,10-14,17-20,22-23,29-30,43,45H,7,9,15-16,21H2,1-5H3,(H,41,46)(H,42,49)/b13-12+/t22-,23+,29-,30?/m0/s1. The van der Waals surface area contributed by atoms with Gasteiger partial charge in [0, 0.05) is 36.9 Å². The minimum Gasteiger partial charge on any atom is -0.461 e. The maximum atomic E-state index is 13.7. The molecule has 1 aliphatic rings. The third-order valence-corrected chi connectivity index (χ3v) is 8.44. The van der Waals surface area contributed by atoms with Gasteiger partial charge in [-0.15, -0.1) is 0 Å². The maximum Gasteiger partial charge on any atom is 0.325 e. The fraction of sp³-hybridized carbons (Fsp3) is 0.444. The van der Waals surface area contributed by atoms with E-state index in [0.717, 1.165) is 16.3 Å². The Morgan fingerprint density at radius 2 is 1.86 bits per heavy atom. The van der Waals surface area contributed by atoms with Crippen LogP contribution in [0.1, 0.15) is 70.4 Å². The van der Waals surface area contributed by atoms with Crippen molar-refractivity contribution in [3.05, 3.63) is 77.9 Å². The highest BCUT2D eigenvalue weighted by atomic mass is 35.5. The van der Waals surface area contributed by atoms with Crippen molar-refractivity contribution < 1.29 is 29.0 Å². The smallest absolute Gasteiger partial charge is 0.325 e. The number of aliphatic hydroxyl groups excluding tert-OH is 1.